The topological polar surface area (TPSA) is 62.6 Å². The van der Waals surface area contributed by atoms with E-state index in [9.17, 15) is 4.57 Å². The minimum atomic E-state index is -2.95. The predicted octanol–water partition coefficient (Wildman–Crippen LogP) is 4.63. The molecule has 0 aromatic heterocycles. The van der Waals surface area contributed by atoms with E-state index in [-0.39, 0.29) is 36.6 Å². The van der Waals surface area contributed by atoms with Crippen LogP contribution in [0.5, 0.6) is 0 Å². The maximum Gasteiger partial charge on any atom is 0.259 e. The second-order valence-electron chi connectivity index (χ2n) is 5.78. The zero-order chi connectivity index (χ0) is 21.5. The van der Waals surface area contributed by atoms with E-state index in [4.69, 9.17) is 19.8 Å². The Balaban J connectivity index is 5.05. The van der Waals surface area contributed by atoms with Crippen LogP contribution in [-0.2, 0) is 13.6 Å². The fourth-order valence-corrected chi connectivity index (χ4v) is 5.06. The summed E-state index contributed by atoms with van der Waals surface area (Å²) in [5.74, 6) is -0.192. The third-order valence-electron chi connectivity index (χ3n) is 2.51. The zero-order valence-corrected chi connectivity index (χ0v) is 17.5. The van der Waals surface area contributed by atoms with Crippen LogP contribution in [0, 0.1) is 11.3 Å². The molecular weight excluding hydrogens is 350 g/mol. The first kappa shape index (κ1) is 16.8. The van der Waals surface area contributed by atoms with Crippen molar-refractivity contribution in [1.29, 1.82) is 5.26 Å². The second kappa shape index (κ2) is 12.7. The summed E-state index contributed by atoms with van der Waals surface area (Å²) in [5, 5.41) is 8.71. The Labute approximate surface area is 153 Å². The monoisotopic (exact) mass is 386 g/mol. The zero-order valence-electron chi connectivity index (χ0n) is 18.9. The lowest BCUT2D eigenvalue weighted by molar-refractivity contribution is 0.182. The van der Waals surface area contributed by atoms with Gasteiger partial charge in [-0.05, 0) is 41.0 Å². The van der Waals surface area contributed by atoms with E-state index >= 15 is 0 Å². The van der Waals surface area contributed by atoms with Gasteiger partial charge in [0.05, 0.1) is 35.5 Å². The van der Waals surface area contributed by atoms with Crippen LogP contribution in [0.3, 0.4) is 0 Å². The van der Waals surface area contributed by atoms with Crippen LogP contribution < -0.4 is 0 Å². The van der Waals surface area contributed by atoms with Crippen molar-refractivity contribution >= 4 is 27.4 Å². The molecule has 0 aromatic rings. The van der Waals surface area contributed by atoms with Gasteiger partial charge >= 0.3 is 0 Å². The molecule has 8 heteroatoms. The van der Waals surface area contributed by atoms with Crippen LogP contribution >= 0.6 is 27.4 Å². The van der Waals surface area contributed by atoms with Gasteiger partial charge in [0.2, 0.25) is 0 Å². The molecule has 136 valence electrons. The van der Waals surface area contributed by atoms with Crippen molar-refractivity contribution in [3.05, 3.63) is 0 Å². The molecule has 0 aromatic carbocycles. The van der Waals surface area contributed by atoms with Crippen molar-refractivity contribution in [2.24, 2.45) is 0 Å². The number of nitrogens with zero attached hydrogens (tertiary/aromatic N) is 2. The Kier molecular flexibility index (Phi) is 9.29. The number of rotatable bonds is 13. The van der Waals surface area contributed by atoms with Crippen LogP contribution in [0.2, 0.25) is 0 Å². The lowest BCUT2D eigenvalue weighted by atomic mass is 10.3. The summed E-state index contributed by atoms with van der Waals surface area (Å²) >= 11 is 1.03. The molecule has 0 heterocycles. The predicted molar refractivity (Wildman–Crippen MR) is 103 cm³/mol. The fraction of sp³-hybridized carbons (Fsp3) is 0.933. The van der Waals surface area contributed by atoms with Gasteiger partial charge in [-0.2, -0.15) is 17.0 Å². The lowest BCUT2D eigenvalue weighted by Crippen LogP contribution is -2.33. The molecule has 0 saturated carbocycles. The van der Waals surface area contributed by atoms with Gasteiger partial charge in [0.1, 0.15) is 0 Å². The third-order valence-corrected chi connectivity index (χ3v) is 6.31. The van der Waals surface area contributed by atoms with Gasteiger partial charge in [0.15, 0.2) is 0 Å². The molecule has 0 aliphatic carbocycles. The van der Waals surface area contributed by atoms with E-state index in [1.807, 2.05) is 38.4 Å². The van der Waals surface area contributed by atoms with E-state index < -0.39 is 28.3 Å². The molecule has 1 unspecified atom stereocenters. The largest absolute Gasteiger partial charge is 0.324 e. The standard InChI is InChI=1S/C15H32N2O3P2S/c1-14(2)17(15(3)4)21(19-9-7-8-16)20-10-12-23-13-11-22(5,6)18/h14-15H,7,9-13H2,1-6H3/i10D2,11D2. The van der Waals surface area contributed by atoms with Gasteiger partial charge in [-0.25, -0.2) is 4.67 Å². The van der Waals surface area contributed by atoms with E-state index in [1.54, 1.807) is 0 Å². The molecule has 0 saturated heterocycles. The van der Waals surface area contributed by atoms with Gasteiger partial charge in [-0.1, -0.05) is 0 Å². The van der Waals surface area contributed by atoms with E-state index in [2.05, 4.69) is 0 Å². The Morgan fingerprint density at radius 1 is 1.26 bits per heavy atom. The van der Waals surface area contributed by atoms with Crippen LogP contribution in [0.15, 0.2) is 0 Å². The van der Waals surface area contributed by atoms with Crippen molar-refractivity contribution < 1.29 is 19.1 Å². The summed E-state index contributed by atoms with van der Waals surface area (Å²) in [7, 11) is -4.67. The fourth-order valence-electron chi connectivity index (χ4n) is 1.66. The van der Waals surface area contributed by atoms with Gasteiger partial charge in [0, 0.05) is 32.4 Å². The highest BCUT2D eigenvalue weighted by Crippen LogP contribution is 2.46. The highest BCUT2D eigenvalue weighted by atomic mass is 32.2. The summed E-state index contributed by atoms with van der Waals surface area (Å²) in [6, 6.07) is 2.11. The number of hydrogen-bond donors (Lipinski definition) is 0. The third kappa shape index (κ3) is 12.4. The smallest absolute Gasteiger partial charge is 0.259 e. The van der Waals surface area contributed by atoms with Crippen molar-refractivity contribution in [2.75, 3.05) is 44.1 Å². The number of hydrogen-bond acceptors (Lipinski definition) is 6. The Hall–Kier alpha value is 0.380. The van der Waals surface area contributed by atoms with Crippen LogP contribution in [0.25, 0.3) is 0 Å². The maximum absolute atomic E-state index is 12.0. The first-order valence-corrected chi connectivity index (χ1v) is 12.4. The molecule has 1 atom stereocenters. The summed E-state index contributed by atoms with van der Waals surface area (Å²) < 4.78 is 57.3. The van der Waals surface area contributed by atoms with Crippen molar-refractivity contribution in [3.8, 4) is 6.07 Å². The summed E-state index contributed by atoms with van der Waals surface area (Å²) in [6.45, 7) is 8.74. The SMILES string of the molecule is [2H]C([2H])(CSCC([2H])([2H])P(C)(C)=O)OP(OCCC#N)N(C(C)C)C(C)C. The van der Waals surface area contributed by atoms with E-state index in [1.165, 1.54) is 13.3 Å². The van der Waals surface area contributed by atoms with Gasteiger partial charge in [-0.15, -0.1) is 0 Å². The first-order valence-electron chi connectivity index (χ1n) is 9.55. The Morgan fingerprint density at radius 3 is 2.35 bits per heavy atom. The average Bonchev–Trinajstić information content (AvgIpc) is 2.44. The molecule has 0 spiro atoms. The molecule has 0 N–H and O–H groups in total. The molecule has 0 rings (SSSR count). The molecule has 0 radical (unpaired) electrons. The van der Waals surface area contributed by atoms with Gasteiger partial charge < -0.3 is 13.6 Å². The summed E-state index contributed by atoms with van der Waals surface area (Å²) in [4.78, 5) is 0. The highest BCUT2D eigenvalue weighted by Gasteiger charge is 2.26. The molecule has 5 nitrogen and oxygen atoms in total. The Bertz CT molecular complexity index is 534. The van der Waals surface area contributed by atoms with Crippen LogP contribution in [-0.4, -0.2) is 60.9 Å². The summed E-state index contributed by atoms with van der Waals surface area (Å²) in [6.07, 6.45) is -1.67. The highest BCUT2D eigenvalue weighted by molar-refractivity contribution is 7.99. The summed E-state index contributed by atoms with van der Waals surface area (Å²) in [5.41, 5.74) is 0. The minimum absolute atomic E-state index is 0.0573. The van der Waals surface area contributed by atoms with E-state index in [0.717, 1.165) is 11.8 Å². The molecular formula is C15H32N2O3P2S. The molecule has 0 fully saturated rings. The minimum Gasteiger partial charge on any atom is -0.324 e. The molecule has 0 aliphatic heterocycles. The number of nitriles is 1. The molecule has 0 bridgehead atoms. The van der Waals surface area contributed by atoms with Crippen LogP contribution in [0.1, 0.15) is 39.6 Å². The van der Waals surface area contributed by atoms with Crippen molar-refractivity contribution in [2.45, 2.75) is 46.2 Å². The quantitative estimate of drug-likeness (QED) is 0.340. The normalized spacial score (nSPS) is 17.6. The first-order chi connectivity index (χ1) is 12.1. The molecule has 0 amide bonds. The molecule has 0 aliphatic rings. The van der Waals surface area contributed by atoms with Gasteiger partial charge in [0.25, 0.3) is 8.53 Å². The Morgan fingerprint density at radius 2 is 1.87 bits per heavy atom. The van der Waals surface area contributed by atoms with Gasteiger partial charge in [-0.3, -0.25) is 0 Å². The molecule has 23 heavy (non-hydrogen) atoms. The van der Waals surface area contributed by atoms with Crippen molar-refractivity contribution in [3.63, 3.8) is 0 Å². The second-order valence-corrected chi connectivity index (χ2v) is 11.2. The van der Waals surface area contributed by atoms with Crippen molar-refractivity contribution in [1.82, 2.24) is 4.67 Å². The lowest BCUT2D eigenvalue weighted by Gasteiger charge is -2.35. The maximum atomic E-state index is 12.0. The number of thioether (sulfide) groups is 1. The van der Waals surface area contributed by atoms with E-state index in [0.29, 0.717) is 0 Å². The van der Waals surface area contributed by atoms with Crippen LogP contribution in [0.4, 0.5) is 0 Å². The average molecular weight is 386 g/mol.